The maximum atomic E-state index is 13.4. The fourth-order valence-electron chi connectivity index (χ4n) is 2.03. The van der Waals surface area contributed by atoms with Gasteiger partial charge in [0.05, 0.1) is 5.54 Å². The number of nitrogens with zero attached hydrogens (tertiary/aromatic N) is 1. The molecule has 1 aromatic rings. The van der Waals surface area contributed by atoms with E-state index in [4.69, 9.17) is 5.73 Å². The van der Waals surface area contributed by atoms with Crippen molar-refractivity contribution in [3.05, 3.63) is 34.6 Å². The van der Waals surface area contributed by atoms with Crippen LogP contribution in [-0.2, 0) is 0 Å². The van der Waals surface area contributed by atoms with E-state index in [9.17, 15) is 26.7 Å². The molecule has 1 amide bonds. The lowest BCUT2D eigenvalue weighted by atomic mass is 9.87. The highest BCUT2D eigenvalue weighted by atomic mass is 19.2. The third kappa shape index (κ3) is 2.04. The smallest absolute Gasteiger partial charge is 0.260 e. The topological polar surface area (TPSA) is 46.3 Å². The maximum Gasteiger partial charge on any atom is 0.260 e. The summed E-state index contributed by atoms with van der Waals surface area (Å²) in [5.74, 6) is -12.1. The van der Waals surface area contributed by atoms with E-state index >= 15 is 0 Å². The Labute approximate surface area is 111 Å². The molecule has 110 valence electrons. The first kappa shape index (κ1) is 14.7. The Balaban J connectivity index is 2.38. The van der Waals surface area contributed by atoms with Crippen LogP contribution >= 0.6 is 0 Å². The number of likely N-dealkylation sites (tertiary alicyclic amines) is 1. The summed E-state index contributed by atoms with van der Waals surface area (Å²) < 4.78 is 65.8. The third-order valence-corrected chi connectivity index (χ3v) is 3.43. The molecule has 8 heteroatoms. The molecule has 2 N–H and O–H groups in total. The maximum absolute atomic E-state index is 13.4. The number of hydrogen-bond acceptors (Lipinski definition) is 2. The highest BCUT2D eigenvalue weighted by Crippen LogP contribution is 2.28. The number of rotatable bonds is 2. The number of halogens is 5. The van der Waals surface area contributed by atoms with Crippen molar-refractivity contribution in [1.82, 2.24) is 4.90 Å². The fraction of sp³-hybridized carbons (Fsp3) is 0.417. The molecule has 2 rings (SSSR count). The van der Waals surface area contributed by atoms with Gasteiger partial charge in [-0.05, 0) is 6.42 Å². The SMILES string of the molecule is CCC1(N)CN(C(=O)c2c(F)c(F)c(F)c(F)c2F)C1. The van der Waals surface area contributed by atoms with Crippen LogP contribution < -0.4 is 5.73 Å². The Morgan fingerprint density at radius 1 is 1.05 bits per heavy atom. The van der Waals surface area contributed by atoms with Crippen molar-refractivity contribution in [2.24, 2.45) is 5.73 Å². The van der Waals surface area contributed by atoms with Crippen LogP contribution in [0.15, 0.2) is 0 Å². The van der Waals surface area contributed by atoms with Crippen LogP contribution in [0.2, 0.25) is 0 Å². The molecule has 3 nitrogen and oxygen atoms in total. The first-order chi connectivity index (χ1) is 9.22. The van der Waals surface area contributed by atoms with Gasteiger partial charge in [0, 0.05) is 13.1 Å². The highest BCUT2D eigenvalue weighted by molar-refractivity contribution is 5.95. The minimum Gasteiger partial charge on any atom is -0.335 e. The molecule has 1 heterocycles. The Kier molecular flexibility index (Phi) is 3.45. The van der Waals surface area contributed by atoms with E-state index in [0.717, 1.165) is 4.90 Å². The van der Waals surface area contributed by atoms with Crippen LogP contribution in [0.1, 0.15) is 23.7 Å². The van der Waals surface area contributed by atoms with Gasteiger partial charge < -0.3 is 10.6 Å². The van der Waals surface area contributed by atoms with Crippen molar-refractivity contribution < 1.29 is 26.7 Å². The van der Waals surface area contributed by atoms with Gasteiger partial charge >= 0.3 is 0 Å². The Morgan fingerprint density at radius 2 is 1.45 bits per heavy atom. The van der Waals surface area contributed by atoms with Crippen LogP contribution in [0.25, 0.3) is 0 Å². The molecule has 1 aromatic carbocycles. The van der Waals surface area contributed by atoms with Crippen LogP contribution in [0.4, 0.5) is 22.0 Å². The monoisotopic (exact) mass is 294 g/mol. The first-order valence-corrected chi connectivity index (χ1v) is 5.81. The van der Waals surface area contributed by atoms with Crippen LogP contribution in [-0.4, -0.2) is 29.4 Å². The second-order valence-corrected chi connectivity index (χ2v) is 4.82. The number of carbonyl (C=O) groups excluding carboxylic acids is 1. The molecular formula is C12H11F5N2O. The number of benzene rings is 1. The van der Waals surface area contributed by atoms with Crippen molar-refractivity contribution in [3.63, 3.8) is 0 Å². The van der Waals surface area contributed by atoms with E-state index in [1.807, 2.05) is 0 Å². The lowest BCUT2D eigenvalue weighted by molar-refractivity contribution is 0.0389. The molecule has 1 saturated heterocycles. The van der Waals surface area contributed by atoms with Crippen molar-refractivity contribution >= 4 is 5.91 Å². The Hall–Kier alpha value is -1.70. The van der Waals surface area contributed by atoms with Gasteiger partial charge in [-0.1, -0.05) is 6.92 Å². The van der Waals surface area contributed by atoms with Gasteiger partial charge in [-0.15, -0.1) is 0 Å². The van der Waals surface area contributed by atoms with Crippen molar-refractivity contribution in [2.45, 2.75) is 18.9 Å². The zero-order valence-electron chi connectivity index (χ0n) is 10.4. The third-order valence-electron chi connectivity index (χ3n) is 3.43. The Morgan fingerprint density at radius 3 is 1.85 bits per heavy atom. The summed E-state index contributed by atoms with van der Waals surface area (Å²) in [5, 5.41) is 0. The molecule has 0 atom stereocenters. The summed E-state index contributed by atoms with van der Waals surface area (Å²) in [6.07, 6.45) is 0.522. The van der Waals surface area contributed by atoms with Crippen molar-refractivity contribution in [2.75, 3.05) is 13.1 Å². The molecule has 0 radical (unpaired) electrons. The van der Waals surface area contributed by atoms with Crippen LogP contribution in [0.3, 0.4) is 0 Å². The first-order valence-electron chi connectivity index (χ1n) is 5.81. The van der Waals surface area contributed by atoms with Gasteiger partial charge in [-0.2, -0.15) is 0 Å². The van der Waals surface area contributed by atoms with Crippen LogP contribution in [0, 0.1) is 29.1 Å². The number of carbonyl (C=O) groups is 1. The summed E-state index contributed by atoms with van der Waals surface area (Å²) in [6.45, 7) is 1.77. The molecule has 20 heavy (non-hydrogen) atoms. The number of nitrogens with two attached hydrogens (primary N) is 1. The second kappa shape index (κ2) is 4.69. The minimum atomic E-state index is -2.29. The van der Waals surface area contributed by atoms with Gasteiger partial charge in [-0.3, -0.25) is 4.79 Å². The highest BCUT2D eigenvalue weighted by Gasteiger charge is 2.43. The number of amides is 1. The summed E-state index contributed by atoms with van der Waals surface area (Å²) in [6, 6.07) is 0. The average molecular weight is 294 g/mol. The summed E-state index contributed by atoms with van der Waals surface area (Å²) in [5.41, 5.74) is 3.65. The minimum absolute atomic E-state index is 0.00181. The van der Waals surface area contributed by atoms with E-state index in [0.29, 0.717) is 6.42 Å². The lowest BCUT2D eigenvalue weighted by Crippen LogP contribution is -2.68. The molecule has 1 fully saturated rings. The fourth-order valence-corrected chi connectivity index (χ4v) is 2.03. The van der Waals surface area contributed by atoms with Gasteiger partial charge in [0.2, 0.25) is 5.82 Å². The molecule has 0 bridgehead atoms. The van der Waals surface area contributed by atoms with Crippen molar-refractivity contribution in [1.29, 1.82) is 0 Å². The van der Waals surface area contributed by atoms with E-state index in [-0.39, 0.29) is 13.1 Å². The molecule has 0 saturated carbocycles. The summed E-state index contributed by atoms with van der Waals surface area (Å²) >= 11 is 0. The molecule has 0 aliphatic carbocycles. The lowest BCUT2D eigenvalue weighted by Gasteiger charge is -2.47. The molecular weight excluding hydrogens is 283 g/mol. The molecule has 1 aliphatic heterocycles. The van der Waals surface area contributed by atoms with Gasteiger partial charge in [0.1, 0.15) is 5.56 Å². The molecule has 0 spiro atoms. The Bertz CT molecular complexity index is 555. The van der Waals surface area contributed by atoms with Crippen molar-refractivity contribution in [3.8, 4) is 0 Å². The average Bonchev–Trinajstić information content (AvgIpc) is 2.39. The van der Waals surface area contributed by atoms with E-state index in [1.54, 1.807) is 6.92 Å². The zero-order valence-corrected chi connectivity index (χ0v) is 10.4. The van der Waals surface area contributed by atoms with Gasteiger partial charge in [0.15, 0.2) is 23.3 Å². The quantitative estimate of drug-likeness (QED) is 0.515. The normalized spacial score (nSPS) is 17.1. The number of hydrogen-bond donors (Lipinski definition) is 1. The molecule has 0 aromatic heterocycles. The van der Waals surface area contributed by atoms with E-state index in [2.05, 4.69) is 0 Å². The molecule has 0 unspecified atom stereocenters. The zero-order chi connectivity index (χ0) is 15.2. The predicted octanol–water partition coefficient (Wildman–Crippen LogP) is 1.95. The molecule has 1 aliphatic rings. The van der Waals surface area contributed by atoms with E-state index in [1.165, 1.54) is 0 Å². The van der Waals surface area contributed by atoms with E-state index < -0.39 is 46.1 Å². The van der Waals surface area contributed by atoms with Gasteiger partial charge in [-0.25, -0.2) is 22.0 Å². The summed E-state index contributed by atoms with van der Waals surface area (Å²) in [4.78, 5) is 12.8. The predicted molar refractivity (Wildman–Crippen MR) is 59.3 cm³/mol. The standard InChI is InChI=1S/C12H11F5N2O/c1-2-12(18)3-19(4-12)11(20)5-6(13)8(15)10(17)9(16)7(5)14/h2-4,18H2,1H3. The largest absolute Gasteiger partial charge is 0.335 e. The second-order valence-electron chi connectivity index (χ2n) is 4.82. The van der Waals surface area contributed by atoms with Crippen LogP contribution in [0.5, 0.6) is 0 Å². The van der Waals surface area contributed by atoms with Gasteiger partial charge in [0.25, 0.3) is 5.91 Å². The summed E-state index contributed by atoms with van der Waals surface area (Å²) in [7, 11) is 0.